The van der Waals surface area contributed by atoms with Crippen molar-refractivity contribution >= 4 is 29.5 Å². The molecule has 0 saturated heterocycles. The smallest absolute Gasteiger partial charge is 0.343 e. The van der Waals surface area contributed by atoms with Crippen LogP contribution in [0, 0.1) is 93.7 Å². The first-order valence-corrected chi connectivity index (χ1v) is 28.4. The number of amides is 1. The van der Waals surface area contributed by atoms with Crippen LogP contribution in [0.2, 0.25) is 0 Å². The van der Waals surface area contributed by atoms with Crippen molar-refractivity contribution in [2.24, 2.45) is 93.7 Å². The van der Waals surface area contributed by atoms with Crippen LogP contribution < -0.4 is 19.5 Å². The van der Waals surface area contributed by atoms with Gasteiger partial charge < -0.3 is 29.7 Å². The second kappa shape index (κ2) is 16.0. The highest BCUT2D eigenvalue weighted by molar-refractivity contribution is 6.04. The molecule has 384 valence electrons. The Kier molecular flexibility index (Phi) is 9.86. The van der Waals surface area contributed by atoms with E-state index in [9.17, 15) is 24.3 Å². The van der Waals surface area contributed by atoms with Crippen molar-refractivity contribution in [2.75, 3.05) is 19.5 Å². The summed E-state index contributed by atoms with van der Waals surface area (Å²) in [6.07, 6.45) is 22.3. The molecule has 16 saturated carbocycles. The van der Waals surface area contributed by atoms with Gasteiger partial charge >= 0.3 is 17.9 Å². The van der Waals surface area contributed by atoms with Gasteiger partial charge in [-0.2, -0.15) is 0 Å². The largest absolute Gasteiger partial charge is 0.496 e. The maximum atomic E-state index is 13.4. The molecule has 3 N–H and O–H groups in total. The Morgan fingerprint density at radius 3 is 1.41 bits per heavy atom. The molecule has 4 aromatic rings. The number of carboxylic acids is 2. The summed E-state index contributed by atoms with van der Waals surface area (Å²) in [5.74, 6) is 11.8. The molecule has 74 heavy (non-hydrogen) atoms. The van der Waals surface area contributed by atoms with Crippen molar-refractivity contribution in [3.05, 3.63) is 118 Å². The molecular weight excluding hydrogens is 927 g/mol. The van der Waals surface area contributed by atoms with E-state index in [0.29, 0.717) is 39.3 Å². The number of benzene rings is 4. The minimum Gasteiger partial charge on any atom is -0.496 e. The van der Waals surface area contributed by atoms with Gasteiger partial charge in [-0.05, 0) is 281 Å². The molecule has 18 atom stereocenters. The molecular formula is C64H69NO9. The zero-order chi connectivity index (χ0) is 50.2. The van der Waals surface area contributed by atoms with Crippen molar-refractivity contribution in [3.63, 3.8) is 0 Å². The summed E-state index contributed by atoms with van der Waals surface area (Å²) >= 11 is 0. The Morgan fingerprint density at radius 2 is 0.905 bits per heavy atom. The molecule has 1 amide bonds. The van der Waals surface area contributed by atoms with E-state index < -0.39 is 17.9 Å². The van der Waals surface area contributed by atoms with Crippen molar-refractivity contribution in [1.29, 1.82) is 0 Å². The lowest BCUT2D eigenvalue weighted by Crippen LogP contribution is -2.73. The van der Waals surface area contributed by atoms with Crippen molar-refractivity contribution in [3.8, 4) is 17.2 Å². The molecule has 20 rings (SSSR count). The van der Waals surface area contributed by atoms with Gasteiger partial charge in [0.1, 0.15) is 17.2 Å². The van der Waals surface area contributed by atoms with Crippen molar-refractivity contribution in [2.45, 2.75) is 114 Å². The molecule has 2 spiro atoms. The normalized spacial score (nSPS) is 41.6. The van der Waals surface area contributed by atoms with Crippen LogP contribution in [0.3, 0.4) is 0 Å². The number of nitrogens with one attached hydrogen (secondary N) is 1. The maximum Gasteiger partial charge on any atom is 0.343 e. The second-order valence-corrected chi connectivity index (χ2v) is 26.7. The SMILES string of the molecule is COc1ccc(C(=O)Nc2ccc(C(=O)O)cc2)cc1C12CC3CC(C1)C1C4CC5CC(C4)C2C1(C5)C3.COc1ccc(C(=O)Oc2ccc(C(=O)O)cc2)cc1C12CC3CC(C1)C1C4CC5CC(C4)C2C1(C5)C3. The maximum absolute atomic E-state index is 13.4. The van der Waals surface area contributed by atoms with Gasteiger partial charge in [0.25, 0.3) is 5.91 Å². The van der Waals surface area contributed by atoms with Crippen LogP contribution in [0.5, 0.6) is 17.2 Å². The summed E-state index contributed by atoms with van der Waals surface area (Å²) in [6, 6.07) is 24.3. The third-order valence-corrected chi connectivity index (χ3v) is 23.7. The Labute approximate surface area is 433 Å². The van der Waals surface area contributed by atoms with E-state index in [-0.39, 0.29) is 27.9 Å². The van der Waals surface area contributed by atoms with Crippen LogP contribution in [0.25, 0.3) is 0 Å². The van der Waals surface area contributed by atoms with E-state index in [4.69, 9.17) is 19.3 Å². The van der Waals surface area contributed by atoms with E-state index in [1.54, 1.807) is 38.5 Å². The van der Waals surface area contributed by atoms with Crippen LogP contribution in [-0.2, 0) is 10.8 Å². The Bertz CT molecular complexity index is 2830. The van der Waals surface area contributed by atoms with E-state index in [2.05, 4.69) is 17.4 Å². The number of carbonyl (C=O) groups excluding carboxylic acids is 2. The number of methoxy groups -OCH3 is 2. The highest BCUT2D eigenvalue weighted by Gasteiger charge is 2.77. The van der Waals surface area contributed by atoms with Gasteiger partial charge in [-0.3, -0.25) is 4.79 Å². The number of ether oxygens (including phenoxy) is 3. The third kappa shape index (κ3) is 6.29. The molecule has 0 aliphatic heterocycles. The number of hydrogen-bond acceptors (Lipinski definition) is 7. The average Bonchev–Trinajstić information content (AvgIpc) is 3.37. The van der Waals surface area contributed by atoms with Crippen LogP contribution in [0.15, 0.2) is 84.9 Å². The summed E-state index contributed by atoms with van der Waals surface area (Å²) in [5, 5.41) is 21.3. The number of anilines is 1. The topological polar surface area (TPSA) is 148 Å². The molecule has 0 radical (unpaired) electrons. The van der Waals surface area contributed by atoms with Crippen molar-refractivity contribution in [1.82, 2.24) is 0 Å². The number of hydrogen-bond donors (Lipinski definition) is 3. The molecule has 0 heterocycles. The highest BCUT2D eigenvalue weighted by atomic mass is 16.5. The van der Waals surface area contributed by atoms with Crippen LogP contribution >= 0.6 is 0 Å². The fraction of sp³-hybridized carbons (Fsp3) is 0.562. The fourth-order valence-electron chi connectivity index (χ4n) is 23.6. The van der Waals surface area contributed by atoms with Gasteiger partial charge in [-0.15, -0.1) is 0 Å². The van der Waals surface area contributed by atoms with Crippen molar-refractivity contribution < 1.29 is 43.6 Å². The first kappa shape index (κ1) is 45.7. The van der Waals surface area contributed by atoms with E-state index in [1.165, 1.54) is 138 Å². The van der Waals surface area contributed by atoms with Gasteiger partial charge in [0.05, 0.1) is 30.9 Å². The number of aromatic carboxylic acids is 2. The lowest BCUT2D eigenvalue weighted by molar-refractivity contribution is -0.286. The van der Waals surface area contributed by atoms with Gasteiger partial charge in [0, 0.05) is 33.2 Å². The predicted molar refractivity (Wildman–Crippen MR) is 277 cm³/mol. The first-order chi connectivity index (χ1) is 35.8. The predicted octanol–water partition coefficient (Wildman–Crippen LogP) is 12.7. The number of carboxylic acid groups (broad SMARTS) is 2. The van der Waals surface area contributed by atoms with Gasteiger partial charge in [0.15, 0.2) is 0 Å². The van der Waals surface area contributed by atoms with Crippen LogP contribution in [-0.4, -0.2) is 48.2 Å². The minimum absolute atomic E-state index is 0.102. The van der Waals surface area contributed by atoms with Crippen LogP contribution in [0.1, 0.15) is 155 Å². The lowest BCUT2D eigenvalue weighted by Gasteiger charge is -2.79. The highest BCUT2D eigenvalue weighted by Crippen LogP contribution is 2.84. The Hall–Kier alpha value is -5.64. The molecule has 16 aliphatic carbocycles. The summed E-state index contributed by atoms with van der Waals surface area (Å²) in [4.78, 5) is 49.0. The number of carbonyl (C=O) groups is 4. The molecule has 10 nitrogen and oxygen atoms in total. The standard InChI is InChI=1S/C32H35NO4.C32H34O5/c1-37-26-7-4-20(29(34)33-24-5-2-19(3-6-24)30(35)36)12-25(26)31-14-18-10-23(16-31)27-21-8-17-9-22(11-21)28(31)32(27,13-17)15-18;1-36-26-7-4-20(30(35)37-24-5-2-19(3-6-24)29(33)34)12-25(26)31-14-18-10-23(16-31)27-21-8-17-9-22(11-21)28(31)32(27,13-17)15-18/h2-7,12,17-18,21-23,27-28H,8-11,13-16H2,1H3,(H,33,34)(H,35,36);2-7,12,17-18,21-23,27-28H,8-11,13-16H2,1H3,(H,33,34). The zero-order valence-electron chi connectivity index (χ0n) is 42.7. The summed E-state index contributed by atoms with van der Waals surface area (Å²) in [7, 11) is 3.54. The zero-order valence-corrected chi connectivity index (χ0v) is 42.7. The van der Waals surface area contributed by atoms with Gasteiger partial charge in [-0.1, -0.05) is 0 Å². The third-order valence-electron chi connectivity index (χ3n) is 23.7. The molecule has 16 aliphatic rings. The van der Waals surface area contributed by atoms with E-state index in [1.807, 2.05) is 24.3 Å². The summed E-state index contributed by atoms with van der Waals surface area (Å²) in [5.41, 5.74) is 6.00. The molecule has 18 unspecified atom stereocenters. The number of rotatable bonds is 10. The lowest BCUT2D eigenvalue weighted by atomic mass is 9.25. The minimum atomic E-state index is -1.00. The second-order valence-electron chi connectivity index (χ2n) is 26.7. The van der Waals surface area contributed by atoms with Gasteiger partial charge in [0.2, 0.25) is 0 Å². The quantitative estimate of drug-likeness (QED) is 0.104. The average molecular weight is 996 g/mol. The molecule has 10 heteroatoms. The van der Waals surface area contributed by atoms with Gasteiger partial charge in [-0.25, -0.2) is 14.4 Å². The molecule has 16 fully saturated rings. The Morgan fingerprint density at radius 1 is 0.473 bits per heavy atom. The first-order valence-electron chi connectivity index (χ1n) is 28.4. The van der Waals surface area contributed by atoms with Crippen LogP contribution in [0.4, 0.5) is 5.69 Å². The van der Waals surface area contributed by atoms with E-state index in [0.717, 1.165) is 88.4 Å². The number of esters is 1. The monoisotopic (exact) mass is 995 g/mol. The summed E-state index contributed by atoms with van der Waals surface area (Å²) < 4.78 is 17.7. The molecule has 18 bridgehead atoms. The Balaban J connectivity index is 0.000000131. The fourth-order valence-corrected chi connectivity index (χ4v) is 23.6. The van der Waals surface area contributed by atoms with E-state index >= 15 is 0 Å². The molecule has 0 aromatic heterocycles. The summed E-state index contributed by atoms with van der Waals surface area (Å²) in [6.45, 7) is 0. The molecule has 4 aromatic carbocycles.